The average molecular weight is 253 g/mol. The van der Waals surface area contributed by atoms with E-state index in [2.05, 4.69) is 26.3 Å². The summed E-state index contributed by atoms with van der Waals surface area (Å²) >= 11 is 0. The van der Waals surface area contributed by atoms with Crippen LogP contribution < -0.4 is 5.32 Å². The molecule has 0 spiro atoms. The van der Waals surface area contributed by atoms with Crippen LogP contribution in [0, 0.1) is 18.3 Å². The molecule has 2 N–H and O–H groups in total. The quantitative estimate of drug-likeness (QED) is 0.747. The monoisotopic (exact) mass is 253 g/mol. The van der Waals surface area contributed by atoms with Crippen molar-refractivity contribution in [1.29, 1.82) is 5.26 Å². The smallest absolute Gasteiger partial charge is 0.159 e. The molecule has 6 nitrogen and oxygen atoms in total. The number of aryl methyl sites for hydroxylation is 1. The van der Waals surface area contributed by atoms with Gasteiger partial charge in [0, 0.05) is 6.20 Å². The van der Waals surface area contributed by atoms with Crippen LogP contribution in [0.5, 0.6) is 0 Å². The molecule has 0 saturated carbocycles. The number of aromatic amines is 1. The van der Waals surface area contributed by atoms with E-state index in [4.69, 9.17) is 9.68 Å². The number of furan rings is 1. The molecule has 0 atom stereocenters. The molecular weight excluding hydrogens is 242 g/mol. The Kier molecular flexibility index (Phi) is 2.65. The zero-order chi connectivity index (χ0) is 13.2. The van der Waals surface area contributed by atoms with E-state index in [1.165, 1.54) is 6.20 Å². The molecule has 0 unspecified atom stereocenters. The van der Waals surface area contributed by atoms with E-state index in [0.717, 1.165) is 11.6 Å². The van der Waals surface area contributed by atoms with E-state index in [9.17, 15) is 0 Å². The lowest BCUT2D eigenvalue weighted by molar-refractivity contribution is 0.518. The van der Waals surface area contributed by atoms with Crippen molar-refractivity contribution in [3.63, 3.8) is 0 Å². The summed E-state index contributed by atoms with van der Waals surface area (Å²) in [7, 11) is 0. The van der Waals surface area contributed by atoms with E-state index in [1.807, 2.05) is 19.1 Å². The number of nitriles is 1. The SMILES string of the molecule is Cc1nc2c(NCc3ccco3)c(C#N)cnc2[nH]1. The van der Waals surface area contributed by atoms with Crippen LogP contribution in [0.3, 0.4) is 0 Å². The van der Waals surface area contributed by atoms with E-state index in [0.29, 0.717) is 29.0 Å². The van der Waals surface area contributed by atoms with Crippen molar-refractivity contribution in [3.05, 3.63) is 41.7 Å². The Morgan fingerprint density at radius 2 is 2.42 bits per heavy atom. The van der Waals surface area contributed by atoms with Crippen molar-refractivity contribution < 1.29 is 4.42 Å². The summed E-state index contributed by atoms with van der Waals surface area (Å²) in [6.45, 7) is 2.34. The fourth-order valence-electron chi connectivity index (χ4n) is 1.92. The molecule has 0 aliphatic rings. The van der Waals surface area contributed by atoms with Crippen LogP contribution in [0.2, 0.25) is 0 Å². The Hall–Kier alpha value is -2.81. The van der Waals surface area contributed by atoms with Gasteiger partial charge in [0.25, 0.3) is 0 Å². The molecule has 0 aromatic carbocycles. The summed E-state index contributed by atoms with van der Waals surface area (Å²) in [5.74, 6) is 1.56. The van der Waals surface area contributed by atoms with Crippen LogP contribution in [0.25, 0.3) is 11.2 Å². The predicted octanol–water partition coefficient (Wildman–Crippen LogP) is 2.34. The predicted molar refractivity (Wildman–Crippen MR) is 69.4 cm³/mol. The molecule has 0 radical (unpaired) electrons. The van der Waals surface area contributed by atoms with Crippen molar-refractivity contribution in [3.8, 4) is 6.07 Å². The standard InChI is InChI=1S/C13H11N5O/c1-8-17-12-11(15-7-10-3-2-4-19-10)9(5-14)6-16-13(12)18-8/h2-4,6H,7H2,1H3,(H2,15,16,17,18). The van der Waals surface area contributed by atoms with Gasteiger partial charge >= 0.3 is 0 Å². The van der Waals surface area contributed by atoms with Gasteiger partial charge < -0.3 is 14.7 Å². The second-order valence-electron chi connectivity index (χ2n) is 4.11. The molecule has 94 valence electrons. The molecular formula is C13H11N5O. The molecule has 0 saturated heterocycles. The first-order valence-corrected chi connectivity index (χ1v) is 5.79. The number of hydrogen-bond donors (Lipinski definition) is 2. The highest BCUT2D eigenvalue weighted by atomic mass is 16.3. The van der Waals surface area contributed by atoms with Gasteiger partial charge in [-0.15, -0.1) is 0 Å². The number of nitrogens with zero attached hydrogens (tertiary/aromatic N) is 3. The minimum Gasteiger partial charge on any atom is -0.467 e. The Labute approximate surface area is 109 Å². The first-order chi connectivity index (χ1) is 9.28. The third-order valence-corrected chi connectivity index (χ3v) is 2.77. The third kappa shape index (κ3) is 2.02. The third-order valence-electron chi connectivity index (χ3n) is 2.77. The Bertz CT molecular complexity index is 751. The number of hydrogen-bond acceptors (Lipinski definition) is 5. The Balaban J connectivity index is 2.02. The summed E-state index contributed by atoms with van der Waals surface area (Å²) in [4.78, 5) is 11.6. The summed E-state index contributed by atoms with van der Waals surface area (Å²) < 4.78 is 5.26. The largest absolute Gasteiger partial charge is 0.467 e. The van der Waals surface area contributed by atoms with Gasteiger partial charge in [-0.05, 0) is 19.1 Å². The zero-order valence-corrected chi connectivity index (χ0v) is 10.3. The topological polar surface area (TPSA) is 90.5 Å². The van der Waals surface area contributed by atoms with Gasteiger partial charge in [0.05, 0.1) is 24.1 Å². The molecule has 0 fully saturated rings. The molecule has 0 amide bonds. The normalized spacial score (nSPS) is 10.5. The van der Waals surface area contributed by atoms with Crippen LogP contribution in [0.4, 0.5) is 5.69 Å². The first-order valence-electron chi connectivity index (χ1n) is 5.79. The van der Waals surface area contributed by atoms with Gasteiger partial charge in [-0.25, -0.2) is 9.97 Å². The van der Waals surface area contributed by atoms with Crippen LogP contribution in [-0.4, -0.2) is 15.0 Å². The number of aromatic nitrogens is 3. The lowest BCUT2D eigenvalue weighted by atomic mass is 10.2. The van der Waals surface area contributed by atoms with Gasteiger partial charge in [0.1, 0.15) is 23.2 Å². The number of H-pyrrole nitrogens is 1. The van der Waals surface area contributed by atoms with Crippen molar-refractivity contribution in [2.75, 3.05) is 5.32 Å². The molecule has 0 aliphatic carbocycles. The highest BCUT2D eigenvalue weighted by Crippen LogP contribution is 2.24. The first kappa shape index (κ1) is 11.3. The van der Waals surface area contributed by atoms with Crippen molar-refractivity contribution in [2.45, 2.75) is 13.5 Å². The number of nitrogens with one attached hydrogen (secondary N) is 2. The van der Waals surface area contributed by atoms with Crippen LogP contribution in [-0.2, 0) is 6.54 Å². The molecule has 19 heavy (non-hydrogen) atoms. The Morgan fingerprint density at radius 1 is 1.53 bits per heavy atom. The highest BCUT2D eigenvalue weighted by molar-refractivity contribution is 5.88. The van der Waals surface area contributed by atoms with Gasteiger partial charge in [0.2, 0.25) is 0 Å². The van der Waals surface area contributed by atoms with Crippen molar-refractivity contribution >= 4 is 16.9 Å². The second kappa shape index (κ2) is 4.46. The number of anilines is 1. The number of pyridine rings is 1. The molecule has 3 aromatic heterocycles. The summed E-state index contributed by atoms with van der Waals surface area (Å²) in [6, 6.07) is 5.81. The average Bonchev–Trinajstić information content (AvgIpc) is 3.03. The van der Waals surface area contributed by atoms with E-state index in [1.54, 1.807) is 6.26 Å². The fourth-order valence-corrected chi connectivity index (χ4v) is 1.92. The summed E-state index contributed by atoms with van der Waals surface area (Å²) in [5.41, 5.74) is 2.47. The molecule has 0 aliphatic heterocycles. The van der Waals surface area contributed by atoms with Crippen LogP contribution >= 0.6 is 0 Å². The number of imidazole rings is 1. The lowest BCUT2D eigenvalue weighted by Gasteiger charge is -2.06. The summed E-state index contributed by atoms with van der Waals surface area (Å²) in [5, 5.41) is 12.3. The molecule has 6 heteroatoms. The number of fused-ring (bicyclic) bond motifs is 1. The minimum absolute atomic E-state index is 0.463. The van der Waals surface area contributed by atoms with Gasteiger partial charge in [-0.2, -0.15) is 5.26 Å². The van der Waals surface area contributed by atoms with Crippen LogP contribution in [0.1, 0.15) is 17.1 Å². The maximum absolute atomic E-state index is 9.15. The molecule has 3 aromatic rings. The van der Waals surface area contributed by atoms with Crippen LogP contribution in [0.15, 0.2) is 29.0 Å². The fraction of sp³-hybridized carbons (Fsp3) is 0.154. The maximum Gasteiger partial charge on any atom is 0.159 e. The molecule has 3 rings (SSSR count). The van der Waals surface area contributed by atoms with Gasteiger partial charge in [0.15, 0.2) is 5.65 Å². The van der Waals surface area contributed by atoms with Crippen molar-refractivity contribution in [1.82, 2.24) is 15.0 Å². The van der Waals surface area contributed by atoms with Crippen molar-refractivity contribution in [2.24, 2.45) is 0 Å². The molecule has 3 heterocycles. The second-order valence-corrected chi connectivity index (χ2v) is 4.11. The highest BCUT2D eigenvalue weighted by Gasteiger charge is 2.12. The summed E-state index contributed by atoms with van der Waals surface area (Å²) in [6.07, 6.45) is 3.15. The Morgan fingerprint density at radius 3 is 3.16 bits per heavy atom. The molecule has 0 bridgehead atoms. The maximum atomic E-state index is 9.15. The van der Waals surface area contributed by atoms with Gasteiger partial charge in [-0.1, -0.05) is 0 Å². The minimum atomic E-state index is 0.463. The van der Waals surface area contributed by atoms with E-state index < -0.39 is 0 Å². The van der Waals surface area contributed by atoms with E-state index >= 15 is 0 Å². The van der Waals surface area contributed by atoms with E-state index in [-0.39, 0.29) is 0 Å². The zero-order valence-electron chi connectivity index (χ0n) is 10.3. The lowest BCUT2D eigenvalue weighted by Crippen LogP contribution is -2.02. The van der Waals surface area contributed by atoms with Gasteiger partial charge in [-0.3, -0.25) is 0 Å². The number of rotatable bonds is 3.